The van der Waals surface area contributed by atoms with Crippen molar-refractivity contribution in [2.75, 3.05) is 13.1 Å². The Bertz CT molecular complexity index is 392. The van der Waals surface area contributed by atoms with Gasteiger partial charge in [0.2, 0.25) is 0 Å². The maximum Gasteiger partial charge on any atom is 0.0408 e. The van der Waals surface area contributed by atoms with Crippen molar-refractivity contribution in [3.8, 4) is 0 Å². The molecule has 1 fully saturated rings. The SMILES string of the molecule is Cc1cc(Cl)ccc1CN1CCC(C)C(N)C1. The van der Waals surface area contributed by atoms with E-state index in [1.165, 1.54) is 17.5 Å². The quantitative estimate of drug-likeness (QED) is 0.877. The van der Waals surface area contributed by atoms with Crippen LogP contribution in [0.4, 0.5) is 0 Å². The van der Waals surface area contributed by atoms with E-state index in [0.29, 0.717) is 12.0 Å². The molecule has 0 saturated carbocycles. The lowest BCUT2D eigenvalue weighted by Crippen LogP contribution is -2.47. The Morgan fingerprint density at radius 3 is 2.88 bits per heavy atom. The molecule has 0 amide bonds. The summed E-state index contributed by atoms with van der Waals surface area (Å²) in [5.41, 5.74) is 8.75. The first-order chi connectivity index (χ1) is 8.06. The molecule has 94 valence electrons. The van der Waals surface area contributed by atoms with Gasteiger partial charge in [0.15, 0.2) is 0 Å². The zero-order valence-electron chi connectivity index (χ0n) is 10.6. The van der Waals surface area contributed by atoms with E-state index < -0.39 is 0 Å². The fourth-order valence-corrected chi connectivity index (χ4v) is 2.62. The Hall–Kier alpha value is -0.570. The molecule has 2 unspecified atom stereocenters. The molecule has 0 radical (unpaired) electrons. The summed E-state index contributed by atoms with van der Waals surface area (Å²) in [5, 5.41) is 0.815. The van der Waals surface area contributed by atoms with Gasteiger partial charge in [-0.25, -0.2) is 0 Å². The van der Waals surface area contributed by atoms with E-state index in [1.807, 2.05) is 12.1 Å². The molecule has 3 heteroatoms. The largest absolute Gasteiger partial charge is 0.326 e. The maximum absolute atomic E-state index is 6.12. The van der Waals surface area contributed by atoms with Gasteiger partial charge in [0.05, 0.1) is 0 Å². The third-order valence-electron chi connectivity index (χ3n) is 3.80. The van der Waals surface area contributed by atoms with Crippen LogP contribution in [0.2, 0.25) is 5.02 Å². The highest BCUT2D eigenvalue weighted by molar-refractivity contribution is 6.30. The number of aryl methyl sites for hydroxylation is 1. The summed E-state index contributed by atoms with van der Waals surface area (Å²) in [7, 11) is 0. The third kappa shape index (κ3) is 3.21. The summed E-state index contributed by atoms with van der Waals surface area (Å²) in [4.78, 5) is 2.45. The second kappa shape index (κ2) is 5.38. The first-order valence-corrected chi connectivity index (χ1v) is 6.67. The van der Waals surface area contributed by atoms with Crippen molar-refractivity contribution in [3.05, 3.63) is 34.3 Å². The number of benzene rings is 1. The number of hydrogen-bond acceptors (Lipinski definition) is 2. The van der Waals surface area contributed by atoms with Crippen molar-refractivity contribution >= 4 is 11.6 Å². The number of nitrogens with zero attached hydrogens (tertiary/aromatic N) is 1. The Morgan fingerprint density at radius 2 is 2.24 bits per heavy atom. The van der Waals surface area contributed by atoms with Gasteiger partial charge in [-0.15, -0.1) is 0 Å². The fraction of sp³-hybridized carbons (Fsp3) is 0.571. The normalized spacial score (nSPS) is 26.1. The minimum atomic E-state index is 0.316. The Labute approximate surface area is 109 Å². The van der Waals surface area contributed by atoms with Crippen LogP contribution >= 0.6 is 11.6 Å². The van der Waals surface area contributed by atoms with Crippen LogP contribution in [0.1, 0.15) is 24.5 Å². The van der Waals surface area contributed by atoms with Crippen molar-refractivity contribution in [2.45, 2.75) is 32.9 Å². The first kappa shape index (κ1) is 12.9. The predicted molar refractivity (Wildman–Crippen MR) is 73.2 cm³/mol. The monoisotopic (exact) mass is 252 g/mol. The van der Waals surface area contributed by atoms with Crippen LogP contribution in [0, 0.1) is 12.8 Å². The average molecular weight is 253 g/mol. The summed E-state index contributed by atoms with van der Waals surface area (Å²) in [5.74, 6) is 0.651. The van der Waals surface area contributed by atoms with E-state index in [9.17, 15) is 0 Å². The van der Waals surface area contributed by atoms with E-state index in [4.69, 9.17) is 17.3 Å². The van der Waals surface area contributed by atoms with E-state index in [2.05, 4.69) is 24.8 Å². The summed E-state index contributed by atoms with van der Waals surface area (Å²) in [6.07, 6.45) is 1.20. The number of rotatable bonds is 2. The number of piperidine rings is 1. The molecule has 1 aromatic rings. The first-order valence-electron chi connectivity index (χ1n) is 6.29. The molecule has 0 aromatic heterocycles. The van der Waals surface area contributed by atoms with Crippen molar-refractivity contribution in [3.63, 3.8) is 0 Å². The lowest BCUT2D eigenvalue weighted by molar-refractivity contribution is 0.162. The van der Waals surface area contributed by atoms with Crippen LogP contribution in [-0.4, -0.2) is 24.0 Å². The molecule has 1 aliphatic heterocycles. The Balaban J connectivity index is 2.01. The van der Waals surface area contributed by atoms with Gasteiger partial charge < -0.3 is 5.73 Å². The number of hydrogen-bond donors (Lipinski definition) is 1. The molecule has 1 aliphatic rings. The summed E-state index contributed by atoms with van der Waals surface area (Å²) < 4.78 is 0. The van der Waals surface area contributed by atoms with E-state index >= 15 is 0 Å². The van der Waals surface area contributed by atoms with Crippen LogP contribution in [0.25, 0.3) is 0 Å². The van der Waals surface area contributed by atoms with E-state index in [-0.39, 0.29) is 0 Å². The minimum absolute atomic E-state index is 0.316. The molecule has 2 rings (SSSR count). The Morgan fingerprint density at radius 1 is 1.47 bits per heavy atom. The van der Waals surface area contributed by atoms with Gasteiger partial charge in [-0.05, 0) is 49.1 Å². The second-order valence-corrected chi connectivity index (χ2v) is 5.67. The highest BCUT2D eigenvalue weighted by Gasteiger charge is 2.23. The summed E-state index contributed by atoms with van der Waals surface area (Å²) >= 11 is 5.97. The Kier molecular flexibility index (Phi) is 4.08. The van der Waals surface area contributed by atoms with E-state index in [1.54, 1.807) is 0 Å². The molecule has 2 atom stereocenters. The topological polar surface area (TPSA) is 29.3 Å². The molecular weight excluding hydrogens is 232 g/mol. The van der Waals surface area contributed by atoms with Gasteiger partial charge in [0, 0.05) is 24.2 Å². The van der Waals surface area contributed by atoms with Crippen molar-refractivity contribution in [2.24, 2.45) is 11.7 Å². The standard InChI is InChI=1S/C14H21ClN2/c1-10-5-6-17(9-14(10)16)8-12-3-4-13(15)7-11(12)2/h3-4,7,10,14H,5-6,8-9,16H2,1-2H3. The molecule has 0 aliphatic carbocycles. The van der Waals surface area contributed by atoms with Crippen molar-refractivity contribution in [1.29, 1.82) is 0 Å². The predicted octanol–water partition coefficient (Wildman–Crippen LogP) is 2.82. The summed E-state index contributed by atoms with van der Waals surface area (Å²) in [6.45, 7) is 7.51. The lowest BCUT2D eigenvalue weighted by atomic mass is 9.94. The highest BCUT2D eigenvalue weighted by Crippen LogP contribution is 2.20. The second-order valence-electron chi connectivity index (χ2n) is 5.24. The van der Waals surface area contributed by atoms with Gasteiger partial charge in [-0.1, -0.05) is 24.6 Å². The molecule has 0 spiro atoms. The molecule has 1 saturated heterocycles. The molecule has 17 heavy (non-hydrogen) atoms. The van der Waals surface area contributed by atoms with Crippen LogP contribution in [0.15, 0.2) is 18.2 Å². The minimum Gasteiger partial charge on any atom is -0.326 e. The number of halogens is 1. The molecule has 1 heterocycles. The zero-order chi connectivity index (χ0) is 12.4. The molecular formula is C14H21ClN2. The molecule has 1 aromatic carbocycles. The van der Waals surface area contributed by atoms with Crippen LogP contribution in [0.3, 0.4) is 0 Å². The zero-order valence-corrected chi connectivity index (χ0v) is 11.4. The summed E-state index contributed by atoms with van der Waals surface area (Å²) in [6, 6.07) is 6.44. The molecule has 2 nitrogen and oxygen atoms in total. The third-order valence-corrected chi connectivity index (χ3v) is 4.03. The van der Waals surface area contributed by atoms with Crippen LogP contribution in [-0.2, 0) is 6.54 Å². The van der Waals surface area contributed by atoms with Gasteiger partial charge in [0.1, 0.15) is 0 Å². The fourth-order valence-electron chi connectivity index (χ4n) is 2.39. The number of nitrogens with two attached hydrogens (primary N) is 1. The lowest BCUT2D eigenvalue weighted by Gasteiger charge is -2.35. The van der Waals surface area contributed by atoms with Crippen LogP contribution in [0.5, 0.6) is 0 Å². The van der Waals surface area contributed by atoms with Crippen LogP contribution < -0.4 is 5.73 Å². The van der Waals surface area contributed by atoms with Gasteiger partial charge in [-0.3, -0.25) is 4.90 Å². The smallest absolute Gasteiger partial charge is 0.0408 e. The van der Waals surface area contributed by atoms with Gasteiger partial charge >= 0.3 is 0 Å². The van der Waals surface area contributed by atoms with Gasteiger partial charge in [-0.2, -0.15) is 0 Å². The average Bonchev–Trinajstić information content (AvgIpc) is 2.27. The molecule has 2 N–H and O–H groups in total. The molecule has 0 bridgehead atoms. The van der Waals surface area contributed by atoms with Crippen molar-refractivity contribution < 1.29 is 0 Å². The van der Waals surface area contributed by atoms with Gasteiger partial charge in [0.25, 0.3) is 0 Å². The number of likely N-dealkylation sites (tertiary alicyclic amines) is 1. The maximum atomic E-state index is 6.12. The van der Waals surface area contributed by atoms with E-state index in [0.717, 1.165) is 24.7 Å². The van der Waals surface area contributed by atoms with Crippen molar-refractivity contribution in [1.82, 2.24) is 4.90 Å². The highest BCUT2D eigenvalue weighted by atomic mass is 35.5.